The molecule has 6 heteroatoms. The molecule has 1 unspecified atom stereocenters. The Balaban J connectivity index is 2.78. The van der Waals surface area contributed by atoms with E-state index >= 15 is 0 Å². The van der Waals surface area contributed by atoms with Gasteiger partial charge in [0.25, 0.3) is 0 Å². The third kappa shape index (κ3) is 3.69. The van der Waals surface area contributed by atoms with Crippen molar-refractivity contribution in [1.82, 2.24) is 0 Å². The van der Waals surface area contributed by atoms with Crippen LogP contribution in [0.15, 0.2) is 30.3 Å². The molecule has 82 valence electrons. The SMILES string of the molecule is CC(C(=O)OS(N)(=O)=O)c1ccccc1. The quantitative estimate of drug-likeness (QED) is 0.819. The second-order valence-corrected chi connectivity index (χ2v) is 4.18. The maximum atomic E-state index is 11.3. The van der Waals surface area contributed by atoms with Gasteiger partial charge in [-0.3, -0.25) is 4.79 Å². The number of hydrogen-bond acceptors (Lipinski definition) is 4. The van der Waals surface area contributed by atoms with Crippen LogP contribution < -0.4 is 5.14 Å². The molecule has 1 atom stereocenters. The standard InChI is InChI=1S/C9H11NO4S/c1-7(8-5-3-2-4-6-8)9(11)14-15(10,12)13/h2-7H,1H3,(H2,10,12,13). The van der Waals surface area contributed by atoms with E-state index in [1.807, 2.05) is 0 Å². The molecule has 1 rings (SSSR count). The second kappa shape index (κ2) is 4.41. The summed E-state index contributed by atoms with van der Waals surface area (Å²) in [5.74, 6) is -1.55. The van der Waals surface area contributed by atoms with Gasteiger partial charge in [0.15, 0.2) is 0 Å². The van der Waals surface area contributed by atoms with Crippen molar-refractivity contribution in [1.29, 1.82) is 0 Å². The topological polar surface area (TPSA) is 86.5 Å². The zero-order chi connectivity index (χ0) is 11.5. The van der Waals surface area contributed by atoms with Crippen LogP contribution in [0.2, 0.25) is 0 Å². The fraction of sp³-hybridized carbons (Fsp3) is 0.222. The van der Waals surface area contributed by atoms with E-state index in [2.05, 4.69) is 9.32 Å². The highest BCUT2D eigenvalue weighted by atomic mass is 32.2. The van der Waals surface area contributed by atoms with Gasteiger partial charge >= 0.3 is 16.3 Å². The van der Waals surface area contributed by atoms with Gasteiger partial charge in [0.1, 0.15) is 0 Å². The number of hydrogen-bond donors (Lipinski definition) is 1. The van der Waals surface area contributed by atoms with Crippen LogP contribution in [0.1, 0.15) is 18.4 Å². The summed E-state index contributed by atoms with van der Waals surface area (Å²) >= 11 is 0. The highest BCUT2D eigenvalue weighted by molar-refractivity contribution is 7.84. The minimum absolute atomic E-state index is 0.662. The molecular formula is C9H11NO4S. The molecule has 0 amide bonds. The lowest BCUT2D eigenvalue weighted by Gasteiger charge is -2.09. The van der Waals surface area contributed by atoms with Crippen LogP contribution in [0.4, 0.5) is 0 Å². The van der Waals surface area contributed by atoms with Gasteiger partial charge < -0.3 is 4.18 Å². The van der Waals surface area contributed by atoms with Crippen LogP contribution in [0.5, 0.6) is 0 Å². The third-order valence-corrected chi connectivity index (χ3v) is 2.25. The first-order valence-corrected chi connectivity index (χ1v) is 5.68. The number of rotatable bonds is 3. The predicted octanol–water partition coefficient (Wildman–Crippen LogP) is 0.537. The molecule has 0 heterocycles. The largest absolute Gasteiger partial charge is 0.382 e. The van der Waals surface area contributed by atoms with E-state index < -0.39 is 22.2 Å². The highest BCUT2D eigenvalue weighted by Crippen LogP contribution is 2.16. The van der Waals surface area contributed by atoms with Gasteiger partial charge in [-0.2, -0.15) is 13.6 Å². The van der Waals surface area contributed by atoms with Crippen LogP contribution in [0.3, 0.4) is 0 Å². The number of benzene rings is 1. The maximum Gasteiger partial charge on any atom is 0.382 e. The van der Waals surface area contributed by atoms with Crippen molar-refractivity contribution in [2.75, 3.05) is 0 Å². The van der Waals surface area contributed by atoms with Gasteiger partial charge in [-0.15, -0.1) is 0 Å². The minimum Gasteiger partial charge on any atom is -0.334 e. The van der Waals surface area contributed by atoms with Crippen LogP contribution in [0, 0.1) is 0 Å². The van der Waals surface area contributed by atoms with Crippen molar-refractivity contribution in [2.24, 2.45) is 5.14 Å². The molecule has 1 aromatic rings. The molecule has 0 spiro atoms. The predicted molar refractivity (Wildman–Crippen MR) is 54.1 cm³/mol. The molecule has 0 saturated heterocycles. The maximum absolute atomic E-state index is 11.3. The van der Waals surface area contributed by atoms with Gasteiger partial charge in [-0.25, -0.2) is 0 Å². The summed E-state index contributed by atoms with van der Waals surface area (Å²) in [7, 11) is -4.23. The first-order valence-electron chi connectivity index (χ1n) is 4.21. The molecule has 0 radical (unpaired) electrons. The summed E-state index contributed by atoms with van der Waals surface area (Å²) in [6.45, 7) is 1.54. The normalized spacial score (nSPS) is 13.2. The van der Waals surface area contributed by atoms with E-state index in [0.717, 1.165) is 0 Å². The monoisotopic (exact) mass is 229 g/mol. The Bertz CT molecular complexity index is 440. The summed E-state index contributed by atoms with van der Waals surface area (Å²) < 4.78 is 25.1. The van der Waals surface area contributed by atoms with Gasteiger partial charge in [0, 0.05) is 0 Å². The Morgan fingerprint density at radius 2 is 1.87 bits per heavy atom. The molecule has 0 aliphatic rings. The van der Waals surface area contributed by atoms with E-state index in [9.17, 15) is 13.2 Å². The highest BCUT2D eigenvalue weighted by Gasteiger charge is 2.20. The van der Waals surface area contributed by atoms with E-state index in [4.69, 9.17) is 0 Å². The zero-order valence-electron chi connectivity index (χ0n) is 8.08. The minimum atomic E-state index is -4.23. The van der Waals surface area contributed by atoms with Crippen molar-refractivity contribution in [3.05, 3.63) is 35.9 Å². The average molecular weight is 229 g/mol. The van der Waals surface area contributed by atoms with Gasteiger partial charge in [-0.1, -0.05) is 30.3 Å². The summed E-state index contributed by atoms with van der Waals surface area (Å²) in [5.41, 5.74) is 0.672. The number of nitrogens with two attached hydrogens (primary N) is 1. The number of carbonyl (C=O) groups is 1. The molecule has 0 fully saturated rings. The van der Waals surface area contributed by atoms with E-state index in [1.165, 1.54) is 0 Å². The van der Waals surface area contributed by atoms with Crippen molar-refractivity contribution in [3.8, 4) is 0 Å². The summed E-state index contributed by atoms with van der Waals surface area (Å²) in [5, 5.41) is 4.58. The van der Waals surface area contributed by atoms with Crippen molar-refractivity contribution in [3.63, 3.8) is 0 Å². The molecule has 0 aliphatic heterocycles. The molecule has 15 heavy (non-hydrogen) atoms. The Labute approximate surface area is 88.1 Å². The van der Waals surface area contributed by atoms with Gasteiger partial charge in [0.2, 0.25) is 0 Å². The molecular weight excluding hydrogens is 218 g/mol. The first-order chi connectivity index (χ1) is 6.90. The third-order valence-electron chi connectivity index (χ3n) is 1.85. The van der Waals surface area contributed by atoms with Crippen molar-refractivity contribution >= 4 is 16.3 Å². The van der Waals surface area contributed by atoms with Crippen LogP contribution >= 0.6 is 0 Å². The Hall–Kier alpha value is -1.40. The van der Waals surface area contributed by atoms with Crippen molar-refractivity contribution < 1.29 is 17.4 Å². The lowest BCUT2D eigenvalue weighted by Crippen LogP contribution is -2.23. The molecule has 1 aromatic carbocycles. The molecule has 0 aromatic heterocycles. The Morgan fingerprint density at radius 1 is 1.33 bits per heavy atom. The average Bonchev–Trinajstić information content (AvgIpc) is 2.15. The fourth-order valence-corrected chi connectivity index (χ4v) is 1.44. The Kier molecular flexibility index (Phi) is 3.43. The lowest BCUT2D eigenvalue weighted by atomic mass is 10.0. The molecule has 0 aliphatic carbocycles. The van der Waals surface area contributed by atoms with Crippen LogP contribution in [-0.2, 0) is 19.3 Å². The van der Waals surface area contributed by atoms with Crippen LogP contribution in [0.25, 0.3) is 0 Å². The van der Waals surface area contributed by atoms with E-state index in [-0.39, 0.29) is 0 Å². The first kappa shape index (κ1) is 11.7. The second-order valence-electron chi connectivity index (χ2n) is 3.03. The van der Waals surface area contributed by atoms with E-state index in [0.29, 0.717) is 5.56 Å². The lowest BCUT2D eigenvalue weighted by molar-refractivity contribution is -0.135. The fourth-order valence-electron chi connectivity index (χ4n) is 1.06. The van der Waals surface area contributed by atoms with E-state index in [1.54, 1.807) is 37.3 Å². The molecule has 0 bridgehead atoms. The molecule has 0 saturated carbocycles. The summed E-state index contributed by atoms with van der Waals surface area (Å²) in [4.78, 5) is 11.3. The molecule has 5 nitrogen and oxygen atoms in total. The number of carbonyl (C=O) groups excluding carboxylic acids is 1. The smallest absolute Gasteiger partial charge is 0.334 e. The van der Waals surface area contributed by atoms with Gasteiger partial charge in [0.05, 0.1) is 5.92 Å². The summed E-state index contributed by atoms with van der Waals surface area (Å²) in [6.07, 6.45) is 0. The van der Waals surface area contributed by atoms with Crippen LogP contribution in [-0.4, -0.2) is 14.4 Å². The van der Waals surface area contributed by atoms with Crippen molar-refractivity contribution in [2.45, 2.75) is 12.8 Å². The zero-order valence-corrected chi connectivity index (χ0v) is 8.90. The summed E-state index contributed by atoms with van der Waals surface area (Å²) in [6, 6.07) is 8.69. The molecule has 2 N–H and O–H groups in total. The Morgan fingerprint density at radius 3 is 2.33 bits per heavy atom. The van der Waals surface area contributed by atoms with Gasteiger partial charge in [-0.05, 0) is 12.5 Å².